The van der Waals surface area contributed by atoms with Gasteiger partial charge in [-0.25, -0.2) is 4.79 Å². The van der Waals surface area contributed by atoms with Crippen molar-refractivity contribution in [3.8, 4) is 0 Å². The molecule has 0 unspecified atom stereocenters. The Morgan fingerprint density at radius 1 is 1.36 bits per heavy atom. The van der Waals surface area contributed by atoms with Gasteiger partial charge in [0.1, 0.15) is 11.3 Å². The largest absolute Gasteiger partial charge is 0.455 e. The topological polar surface area (TPSA) is 42.1 Å². The standard InChI is InChI=1S/C11H17NO2/c1-7-6-8(2)12-9(7)10(13)14-11(3,4)5/h6,12H,1-5H3. The Kier molecular flexibility index (Phi) is 2.69. The quantitative estimate of drug-likeness (QED) is 0.700. The monoisotopic (exact) mass is 195 g/mol. The summed E-state index contributed by atoms with van der Waals surface area (Å²) in [7, 11) is 0. The second-order valence-corrected chi connectivity index (χ2v) is 4.51. The smallest absolute Gasteiger partial charge is 0.355 e. The van der Waals surface area contributed by atoms with Crippen LogP contribution in [0, 0.1) is 13.8 Å². The molecule has 0 radical (unpaired) electrons. The van der Waals surface area contributed by atoms with Crippen molar-refractivity contribution in [3.63, 3.8) is 0 Å². The number of aromatic amines is 1. The number of carbonyl (C=O) groups excluding carboxylic acids is 1. The van der Waals surface area contributed by atoms with Crippen molar-refractivity contribution in [1.29, 1.82) is 0 Å². The number of nitrogens with one attached hydrogen (secondary N) is 1. The Morgan fingerprint density at radius 2 is 1.93 bits per heavy atom. The molecule has 0 amide bonds. The van der Waals surface area contributed by atoms with Crippen LogP contribution in [-0.2, 0) is 4.74 Å². The highest BCUT2D eigenvalue weighted by atomic mass is 16.6. The van der Waals surface area contributed by atoms with Gasteiger partial charge in [0, 0.05) is 5.69 Å². The molecule has 1 aromatic rings. The van der Waals surface area contributed by atoms with Gasteiger partial charge in [-0.15, -0.1) is 0 Å². The Balaban J connectivity index is 2.85. The van der Waals surface area contributed by atoms with Crippen LogP contribution in [0.5, 0.6) is 0 Å². The molecule has 0 bridgehead atoms. The predicted octanol–water partition coefficient (Wildman–Crippen LogP) is 2.59. The highest BCUT2D eigenvalue weighted by Gasteiger charge is 2.20. The number of H-pyrrole nitrogens is 1. The molecular formula is C11H17NO2. The van der Waals surface area contributed by atoms with Gasteiger partial charge in [0.25, 0.3) is 0 Å². The maximum absolute atomic E-state index is 11.6. The number of ether oxygens (including phenoxy) is 1. The van der Waals surface area contributed by atoms with Gasteiger partial charge in [-0.3, -0.25) is 0 Å². The summed E-state index contributed by atoms with van der Waals surface area (Å²) in [6, 6.07) is 1.93. The molecule has 1 N–H and O–H groups in total. The van der Waals surface area contributed by atoms with Crippen LogP contribution in [0.4, 0.5) is 0 Å². The minimum atomic E-state index is -0.442. The molecule has 0 saturated carbocycles. The highest BCUT2D eigenvalue weighted by Crippen LogP contribution is 2.15. The average Bonchev–Trinajstić information content (AvgIpc) is 2.26. The molecular weight excluding hydrogens is 178 g/mol. The second-order valence-electron chi connectivity index (χ2n) is 4.51. The van der Waals surface area contributed by atoms with Crippen molar-refractivity contribution < 1.29 is 9.53 Å². The van der Waals surface area contributed by atoms with E-state index >= 15 is 0 Å². The molecule has 1 heterocycles. The fourth-order valence-electron chi connectivity index (χ4n) is 1.27. The molecule has 3 heteroatoms. The van der Waals surface area contributed by atoms with E-state index in [4.69, 9.17) is 4.74 Å². The molecule has 0 saturated heterocycles. The van der Waals surface area contributed by atoms with Crippen LogP contribution in [0.25, 0.3) is 0 Å². The van der Waals surface area contributed by atoms with Gasteiger partial charge < -0.3 is 9.72 Å². The van der Waals surface area contributed by atoms with E-state index < -0.39 is 5.60 Å². The van der Waals surface area contributed by atoms with Crippen LogP contribution >= 0.6 is 0 Å². The lowest BCUT2D eigenvalue weighted by Gasteiger charge is -2.19. The van der Waals surface area contributed by atoms with Gasteiger partial charge in [-0.2, -0.15) is 0 Å². The number of carbonyl (C=O) groups is 1. The Hall–Kier alpha value is -1.25. The number of hydrogen-bond donors (Lipinski definition) is 1. The summed E-state index contributed by atoms with van der Waals surface area (Å²) in [6.45, 7) is 9.38. The van der Waals surface area contributed by atoms with Gasteiger partial charge in [0.2, 0.25) is 0 Å². The maximum atomic E-state index is 11.6. The molecule has 0 spiro atoms. The first-order valence-corrected chi connectivity index (χ1v) is 4.69. The number of hydrogen-bond acceptors (Lipinski definition) is 2. The summed E-state index contributed by atoms with van der Waals surface area (Å²) in [5, 5.41) is 0. The van der Waals surface area contributed by atoms with E-state index in [1.165, 1.54) is 0 Å². The van der Waals surface area contributed by atoms with Gasteiger partial charge in [0.05, 0.1) is 0 Å². The highest BCUT2D eigenvalue weighted by molar-refractivity contribution is 5.89. The first-order chi connectivity index (χ1) is 6.29. The maximum Gasteiger partial charge on any atom is 0.355 e. The van der Waals surface area contributed by atoms with E-state index in [1.807, 2.05) is 40.7 Å². The molecule has 0 fully saturated rings. The molecule has 1 aromatic heterocycles. The van der Waals surface area contributed by atoms with Crippen molar-refractivity contribution >= 4 is 5.97 Å². The van der Waals surface area contributed by atoms with Crippen LogP contribution in [0.2, 0.25) is 0 Å². The lowest BCUT2D eigenvalue weighted by molar-refractivity contribution is 0.00627. The van der Waals surface area contributed by atoms with Crippen LogP contribution in [0.1, 0.15) is 42.5 Å². The molecule has 0 aromatic carbocycles. The minimum Gasteiger partial charge on any atom is -0.455 e. The van der Waals surface area contributed by atoms with Crippen molar-refractivity contribution in [2.75, 3.05) is 0 Å². The molecule has 3 nitrogen and oxygen atoms in total. The molecule has 78 valence electrons. The Bertz CT molecular complexity index is 345. The van der Waals surface area contributed by atoms with Crippen LogP contribution in [0.15, 0.2) is 6.07 Å². The molecule has 0 aliphatic carbocycles. The van der Waals surface area contributed by atoms with Crippen LogP contribution in [-0.4, -0.2) is 16.6 Å². The van der Waals surface area contributed by atoms with Gasteiger partial charge in [-0.1, -0.05) is 0 Å². The van der Waals surface area contributed by atoms with Gasteiger partial charge >= 0.3 is 5.97 Å². The number of esters is 1. The lowest BCUT2D eigenvalue weighted by Crippen LogP contribution is -2.24. The Morgan fingerprint density at radius 3 is 2.29 bits per heavy atom. The van der Waals surface area contributed by atoms with Crippen LogP contribution < -0.4 is 0 Å². The van der Waals surface area contributed by atoms with E-state index in [2.05, 4.69) is 4.98 Å². The molecule has 1 rings (SSSR count). The predicted molar refractivity (Wildman–Crippen MR) is 55.4 cm³/mol. The third kappa shape index (κ3) is 2.62. The van der Waals surface area contributed by atoms with Crippen molar-refractivity contribution in [3.05, 3.63) is 23.0 Å². The zero-order valence-electron chi connectivity index (χ0n) is 9.39. The third-order valence-electron chi connectivity index (χ3n) is 1.75. The fourth-order valence-corrected chi connectivity index (χ4v) is 1.27. The number of aromatic nitrogens is 1. The van der Waals surface area contributed by atoms with E-state index in [9.17, 15) is 4.79 Å². The number of rotatable bonds is 1. The molecule has 14 heavy (non-hydrogen) atoms. The first kappa shape index (κ1) is 10.8. The Labute approximate surface area is 84.5 Å². The fraction of sp³-hybridized carbons (Fsp3) is 0.545. The van der Waals surface area contributed by atoms with E-state index in [1.54, 1.807) is 0 Å². The average molecular weight is 195 g/mol. The summed E-state index contributed by atoms with van der Waals surface area (Å²) in [5.74, 6) is -0.289. The molecule has 0 atom stereocenters. The zero-order valence-corrected chi connectivity index (χ0v) is 9.39. The summed E-state index contributed by atoms with van der Waals surface area (Å²) >= 11 is 0. The summed E-state index contributed by atoms with van der Waals surface area (Å²) in [4.78, 5) is 14.6. The second kappa shape index (κ2) is 3.48. The van der Waals surface area contributed by atoms with Crippen molar-refractivity contribution in [1.82, 2.24) is 4.98 Å². The summed E-state index contributed by atoms with van der Waals surface area (Å²) in [6.07, 6.45) is 0. The van der Waals surface area contributed by atoms with E-state index in [-0.39, 0.29) is 5.97 Å². The number of aryl methyl sites for hydroxylation is 2. The molecule has 0 aliphatic heterocycles. The minimum absolute atomic E-state index is 0.289. The van der Waals surface area contributed by atoms with Gasteiger partial charge in [0.15, 0.2) is 0 Å². The summed E-state index contributed by atoms with van der Waals surface area (Å²) < 4.78 is 5.25. The van der Waals surface area contributed by atoms with Crippen molar-refractivity contribution in [2.24, 2.45) is 0 Å². The zero-order chi connectivity index (χ0) is 10.9. The van der Waals surface area contributed by atoms with Gasteiger partial charge in [-0.05, 0) is 46.2 Å². The lowest BCUT2D eigenvalue weighted by atomic mass is 10.2. The summed E-state index contributed by atoms with van der Waals surface area (Å²) in [5.41, 5.74) is 2.01. The normalized spacial score (nSPS) is 11.5. The van der Waals surface area contributed by atoms with Crippen LogP contribution in [0.3, 0.4) is 0 Å². The SMILES string of the molecule is Cc1cc(C)c(C(=O)OC(C)(C)C)[nH]1. The van der Waals surface area contributed by atoms with E-state index in [0.717, 1.165) is 11.3 Å². The molecule has 0 aliphatic rings. The first-order valence-electron chi connectivity index (χ1n) is 4.69. The van der Waals surface area contributed by atoms with E-state index in [0.29, 0.717) is 5.69 Å². The van der Waals surface area contributed by atoms with Crippen molar-refractivity contribution in [2.45, 2.75) is 40.2 Å². The third-order valence-corrected chi connectivity index (χ3v) is 1.75.